The van der Waals surface area contributed by atoms with Crippen LogP contribution in [-0.2, 0) is 12.0 Å². The van der Waals surface area contributed by atoms with Crippen LogP contribution < -0.4 is 0 Å². The van der Waals surface area contributed by atoms with Crippen LogP contribution >= 0.6 is 23.2 Å². The summed E-state index contributed by atoms with van der Waals surface area (Å²) in [5.41, 5.74) is 0.171. The molecule has 2 rings (SSSR count). The molecule has 1 atom stereocenters. The van der Waals surface area contributed by atoms with Gasteiger partial charge in [-0.2, -0.15) is 0 Å². The van der Waals surface area contributed by atoms with Gasteiger partial charge < -0.3 is 5.11 Å². The zero-order valence-electron chi connectivity index (χ0n) is 10.8. The van der Waals surface area contributed by atoms with Crippen LogP contribution in [-0.4, -0.2) is 11.0 Å². The summed E-state index contributed by atoms with van der Waals surface area (Å²) in [6.45, 7) is 0. The normalized spacial score (nSPS) is 14.0. The Morgan fingerprint density at radius 1 is 1.10 bits per heavy atom. The van der Waals surface area contributed by atoms with Crippen molar-refractivity contribution in [3.8, 4) is 0 Å². The molecule has 2 aromatic carbocycles. The molecule has 0 aromatic heterocycles. The topological polar surface area (TPSA) is 20.2 Å². The fourth-order valence-corrected chi connectivity index (χ4v) is 2.73. The maximum absolute atomic E-state index is 13.3. The van der Waals surface area contributed by atoms with Crippen molar-refractivity contribution < 1.29 is 9.50 Å². The number of halogens is 3. The first-order valence-corrected chi connectivity index (χ1v) is 7.24. The molecule has 0 radical (unpaired) electrons. The third-order valence-corrected chi connectivity index (χ3v) is 3.87. The summed E-state index contributed by atoms with van der Waals surface area (Å²) in [7, 11) is 0. The quantitative estimate of drug-likeness (QED) is 0.804. The van der Waals surface area contributed by atoms with E-state index < -0.39 is 5.60 Å². The van der Waals surface area contributed by atoms with E-state index in [4.69, 9.17) is 23.2 Å². The van der Waals surface area contributed by atoms with Gasteiger partial charge in [-0.3, -0.25) is 0 Å². The summed E-state index contributed by atoms with van der Waals surface area (Å²) in [4.78, 5) is 0. The molecule has 0 bridgehead atoms. The molecule has 0 saturated carbocycles. The van der Waals surface area contributed by atoms with Crippen LogP contribution in [0, 0.1) is 5.82 Å². The second kappa shape index (κ2) is 6.57. The van der Waals surface area contributed by atoms with E-state index in [1.165, 1.54) is 18.2 Å². The van der Waals surface area contributed by atoms with Crippen molar-refractivity contribution in [3.05, 3.63) is 70.5 Å². The average Bonchev–Trinajstić information content (AvgIpc) is 2.44. The summed E-state index contributed by atoms with van der Waals surface area (Å²) >= 11 is 11.9. The molecular weight excluding hydrogens is 298 g/mol. The van der Waals surface area contributed by atoms with Crippen LogP contribution in [0.3, 0.4) is 0 Å². The van der Waals surface area contributed by atoms with Gasteiger partial charge in [0.15, 0.2) is 0 Å². The maximum Gasteiger partial charge on any atom is 0.123 e. The minimum absolute atomic E-state index is 0.223. The monoisotopic (exact) mass is 312 g/mol. The molecule has 106 valence electrons. The minimum Gasteiger partial charge on any atom is -0.385 e. The lowest BCUT2D eigenvalue weighted by molar-refractivity contribution is 0.0336. The van der Waals surface area contributed by atoms with Crippen molar-refractivity contribution in [3.63, 3.8) is 0 Å². The molecule has 0 spiro atoms. The number of aliphatic hydroxyl groups is 1. The molecule has 0 fully saturated rings. The minimum atomic E-state index is -1.15. The molecule has 1 N–H and O–H groups in total. The Morgan fingerprint density at radius 2 is 1.80 bits per heavy atom. The first-order chi connectivity index (χ1) is 9.55. The number of benzene rings is 2. The van der Waals surface area contributed by atoms with Crippen LogP contribution in [0.2, 0.25) is 5.02 Å². The van der Waals surface area contributed by atoms with Gasteiger partial charge in [-0.15, -0.1) is 11.6 Å². The highest BCUT2D eigenvalue weighted by atomic mass is 35.5. The second-order valence-electron chi connectivity index (χ2n) is 4.75. The Hall–Kier alpha value is -1.09. The van der Waals surface area contributed by atoms with Crippen molar-refractivity contribution in [2.24, 2.45) is 0 Å². The zero-order chi connectivity index (χ0) is 14.6. The Kier molecular flexibility index (Phi) is 5.03. The second-order valence-corrected chi connectivity index (χ2v) is 5.53. The first-order valence-electron chi connectivity index (χ1n) is 6.33. The Morgan fingerprint density at radius 3 is 2.45 bits per heavy atom. The van der Waals surface area contributed by atoms with Gasteiger partial charge in [0.1, 0.15) is 5.82 Å². The highest BCUT2D eigenvalue weighted by molar-refractivity contribution is 6.31. The molecule has 1 nitrogen and oxygen atoms in total. The molecule has 0 aliphatic rings. The summed E-state index contributed by atoms with van der Waals surface area (Å²) < 4.78 is 13.3. The van der Waals surface area contributed by atoms with Crippen molar-refractivity contribution in [2.75, 3.05) is 5.88 Å². The SMILES string of the molecule is OC(CCCl)(Cc1cc(F)ccc1Cl)c1ccccc1. The molecular formula is C16H15Cl2FO. The van der Waals surface area contributed by atoms with Gasteiger partial charge in [-0.05, 0) is 35.7 Å². The number of alkyl halides is 1. The largest absolute Gasteiger partial charge is 0.385 e. The standard InChI is InChI=1S/C16H15Cl2FO/c17-9-8-16(20,13-4-2-1-3-5-13)11-12-10-14(19)6-7-15(12)18/h1-7,10,20H,8-9,11H2. The van der Waals surface area contributed by atoms with Gasteiger partial charge in [0, 0.05) is 17.3 Å². The smallest absolute Gasteiger partial charge is 0.123 e. The fourth-order valence-electron chi connectivity index (χ4n) is 2.23. The van der Waals surface area contributed by atoms with Crippen molar-refractivity contribution in [1.82, 2.24) is 0 Å². The van der Waals surface area contributed by atoms with Crippen molar-refractivity contribution >= 4 is 23.2 Å². The van der Waals surface area contributed by atoms with E-state index in [1.807, 2.05) is 30.3 Å². The molecule has 20 heavy (non-hydrogen) atoms. The summed E-state index contributed by atoms with van der Waals surface area (Å²) in [5, 5.41) is 11.3. The third-order valence-electron chi connectivity index (χ3n) is 3.31. The first kappa shape index (κ1) is 15.3. The average molecular weight is 313 g/mol. The predicted octanol–water partition coefficient (Wildman–Crippen LogP) is 4.54. The number of rotatable bonds is 5. The zero-order valence-corrected chi connectivity index (χ0v) is 12.3. The molecule has 0 aliphatic carbocycles. The summed E-state index contributed by atoms with van der Waals surface area (Å²) in [6, 6.07) is 13.4. The van der Waals surface area contributed by atoms with Gasteiger partial charge in [-0.1, -0.05) is 41.9 Å². The van der Waals surface area contributed by atoms with Crippen molar-refractivity contribution in [1.29, 1.82) is 0 Å². The van der Waals surface area contributed by atoms with E-state index in [9.17, 15) is 9.50 Å². The van der Waals surface area contributed by atoms with E-state index in [1.54, 1.807) is 0 Å². The molecule has 4 heteroatoms. The van der Waals surface area contributed by atoms with Crippen LogP contribution in [0.15, 0.2) is 48.5 Å². The van der Waals surface area contributed by atoms with E-state index in [-0.39, 0.29) is 12.2 Å². The lowest BCUT2D eigenvalue weighted by atomic mass is 9.85. The van der Waals surface area contributed by atoms with Gasteiger partial charge >= 0.3 is 0 Å². The molecule has 2 aromatic rings. The van der Waals surface area contributed by atoms with E-state index in [0.717, 1.165) is 5.56 Å². The third kappa shape index (κ3) is 3.51. The number of hydrogen-bond donors (Lipinski definition) is 1. The Bertz CT molecular complexity index is 574. The van der Waals surface area contributed by atoms with Gasteiger partial charge in [0.2, 0.25) is 0 Å². The van der Waals surface area contributed by atoms with Crippen LogP contribution in [0.25, 0.3) is 0 Å². The van der Waals surface area contributed by atoms with Gasteiger partial charge in [-0.25, -0.2) is 4.39 Å². The van der Waals surface area contributed by atoms with Crippen LogP contribution in [0.4, 0.5) is 4.39 Å². The number of hydrogen-bond acceptors (Lipinski definition) is 1. The predicted molar refractivity (Wildman–Crippen MR) is 80.8 cm³/mol. The Balaban J connectivity index is 2.36. The fraction of sp³-hybridized carbons (Fsp3) is 0.250. The summed E-state index contributed by atoms with van der Waals surface area (Å²) in [6.07, 6.45) is 0.589. The van der Waals surface area contributed by atoms with Crippen LogP contribution in [0.1, 0.15) is 17.5 Å². The molecule has 0 heterocycles. The van der Waals surface area contributed by atoms with Gasteiger partial charge in [0.25, 0.3) is 0 Å². The van der Waals surface area contributed by atoms with E-state index in [0.29, 0.717) is 22.9 Å². The lowest BCUT2D eigenvalue weighted by Crippen LogP contribution is -2.29. The summed E-state index contributed by atoms with van der Waals surface area (Å²) in [5.74, 6) is -0.0658. The highest BCUT2D eigenvalue weighted by Gasteiger charge is 2.29. The molecule has 0 saturated heterocycles. The Labute approximate surface area is 128 Å². The lowest BCUT2D eigenvalue weighted by Gasteiger charge is -2.28. The van der Waals surface area contributed by atoms with Gasteiger partial charge in [0.05, 0.1) is 5.60 Å². The highest BCUT2D eigenvalue weighted by Crippen LogP contribution is 2.32. The van der Waals surface area contributed by atoms with Crippen molar-refractivity contribution in [2.45, 2.75) is 18.4 Å². The van der Waals surface area contributed by atoms with E-state index in [2.05, 4.69) is 0 Å². The molecule has 0 aliphatic heterocycles. The van der Waals surface area contributed by atoms with Crippen LogP contribution in [0.5, 0.6) is 0 Å². The molecule has 0 amide bonds. The van der Waals surface area contributed by atoms with E-state index >= 15 is 0 Å². The maximum atomic E-state index is 13.3. The molecule has 1 unspecified atom stereocenters.